The van der Waals surface area contributed by atoms with Gasteiger partial charge in [-0.15, -0.1) is 0 Å². The molecule has 0 bridgehead atoms. The first kappa shape index (κ1) is 13.5. The van der Waals surface area contributed by atoms with Gasteiger partial charge in [0.15, 0.2) is 0 Å². The molecule has 0 fully saturated rings. The van der Waals surface area contributed by atoms with Crippen molar-refractivity contribution in [3.05, 3.63) is 66.0 Å². The van der Waals surface area contributed by atoms with E-state index in [0.29, 0.717) is 0 Å². The fraction of sp³-hybridized carbons (Fsp3) is 0.294. The van der Waals surface area contributed by atoms with Crippen molar-refractivity contribution in [2.75, 3.05) is 11.9 Å². The van der Waals surface area contributed by atoms with Crippen molar-refractivity contribution in [1.82, 2.24) is 0 Å². The Bertz CT molecular complexity index is 565. The average molecular weight is 254 g/mol. The molecule has 0 saturated heterocycles. The van der Waals surface area contributed by atoms with Gasteiger partial charge >= 0.3 is 0 Å². The van der Waals surface area contributed by atoms with Crippen LogP contribution in [0.25, 0.3) is 0 Å². The van der Waals surface area contributed by atoms with Crippen LogP contribution in [-0.2, 0) is 6.54 Å². The van der Waals surface area contributed by atoms with Crippen molar-refractivity contribution < 1.29 is 4.57 Å². The first-order chi connectivity index (χ1) is 8.99. The summed E-state index contributed by atoms with van der Waals surface area (Å²) in [6, 6.07) is 10.6. The Morgan fingerprint density at radius 1 is 1.11 bits per heavy atom. The summed E-state index contributed by atoms with van der Waals surface area (Å²) in [5.41, 5.74) is 6.48. The molecule has 19 heavy (non-hydrogen) atoms. The average Bonchev–Trinajstić information content (AvgIpc) is 2.30. The first-order valence-electron chi connectivity index (χ1n) is 6.58. The Balaban J connectivity index is 2.31. The Morgan fingerprint density at radius 3 is 2.32 bits per heavy atom. The van der Waals surface area contributed by atoms with Gasteiger partial charge in [-0.1, -0.05) is 35.9 Å². The zero-order chi connectivity index (χ0) is 14.0. The molecule has 0 N–H and O–H groups in total. The molecular formula is C17H22N2. The number of aromatic nitrogens is 1. The number of benzene rings is 1. The van der Waals surface area contributed by atoms with Crippen molar-refractivity contribution in [3.63, 3.8) is 0 Å². The number of pyridine rings is 1. The summed E-state index contributed by atoms with van der Waals surface area (Å²) in [7, 11) is 6.15. The maximum absolute atomic E-state index is 4.02. The SMILES string of the molecule is [CH2-][n+]1ccccc1CN(C)c1c(C)cc(C)cc1C. The van der Waals surface area contributed by atoms with Gasteiger partial charge in [-0.25, -0.2) is 0 Å². The van der Waals surface area contributed by atoms with Gasteiger partial charge in [0.1, 0.15) is 5.69 Å². The minimum absolute atomic E-state index is 0.856. The monoisotopic (exact) mass is 254 g/mol. The predicted molar refractivity (Wildman–Crippen MR) is 80.2 cm³/mol. The summed E-state index contributed by atoms with van der Waals surface area (Å²) in [4.78, 5) is 2.29. The van der Waals surface area contributed by atoms with E-state index in [1.165, 1.54) is 28.1 Å². The maximum Gasteiger partial charge on any atom is 0.101 e. The molecule has 0 aliphatic carbocycles. The minimum atomic E-state index is 0.856. The quantitative estimate of drug-likeness (QED) is 0.603. The van der Waals surface area contributed by atoms with Gasteiger partial charge < -0.3 is 9.47 Å². The highest BCUT2D eigenvalue weighted by Gasteiger charge is 2.10. The molecule has 0 amide bonds. The lowest BCUT2D eigenvalue weighted by Crippen LogP contribution is -2.34. The van der Waals surface area contributed by atoms with Crippen molar-refractivity contribution in [2.24, 2.45) is 0 Å². The summed E-state index contributed by atoms with van der Waals surface area (Å²) in [6.45, 7) is 7.35. The molecule has 1 heterocycles. The van der Waals surface area contributed by atoms with Gasteiger partial charge in [0.05, 0.1) is 12.7 Å². The second-order valence-electron chi connectivity index (χ2n) is 5.27. The van der Waals surface area contributed by atoms with Gasteiger partial charge in [0, 0.05) is 19.8 Å². The summed E-state index contributed by atoms with van der Waals surface area (Å²) < 4.78 is 1.93. The summed E-state index contributed by atoms with van der Waals surface area (Å²) >= 11 is 0. The number of hydrogen-bond donors (Lipinski definition) is 0. The Morgan fingerprint density at radius 2 is 1.74 bits per heavy atom. The van der Waals surface area contributed by atoms with E-state index in [4.69, 9.17) is 0 Å². The molecule has 2 heteroatoms. The van der Waals surface area contributed by atoms with E-state index in [1.807, 2.05) is 16.8 Å². The topological polar surface area (TPSA) is 7.12 Å². The summed E-state index contributed by atoms with van der Waals surface area (Å²) in [6.07, 6.45) is 1.98. The van der Waals surface area contributed by atoms with Crippen LogP contribution < -0.4 is 9.47 Å². The fourth-order valence-electron chi connectivity index (χ4n) is 2.75. The van der Waals surface area contributed by atoms with Crippen molar-refractivity contribution in [2.45, 2.75) is 27.3 Å². The second-order valence-corrected chi connectivity index (χ2v) is 5.27. The van der Waals surface area contributed by atoms with Gasteiger partial charge in [-0.2, -0.15) is 0 Å². The fourth-order valence-corrected chi connectivity index (χ4v) is 2.75. The number of nitrogens with zero attached hydrogens (tertiary/aromatic N) is 2. The van der Waals surface area contributed by atoms with E-state index in [2.05, 4.69) is 64.0 Å². The summed E-state index contributed by atoms with van der Waals surface area (Å²) in [5, 5.41) is 0. The highest BCUT2D eigenvalue weighted by Crippen LogP contribution is 2.26. The van der Waals surface area contributed by atoms with E-state index in [0.717, 1.165) is 6.54 Å². The lowest BCUT2D eigenvalue weighted by atomic mass is 10.0. The van der Waals surface area contributed by atoms with Crippen LogP contribution in [0.1, 0.15) is 22.4 Å². The van der Waals surface area contributed by atoms with E-state index in [-0.39, 0.29) is 0 Å². The van der Waals surface area contributed by atoms with Crippen LogP contribution >= 0.6 is 0 Å². The molecule has 0 aliphatic heterocycles. The molecule has 0 spiro atoms. The third-order valence-corrected chi connectivity index (χ3v) is 3.45. The maximum atomic E-state index is 4.02. The molecule has 0 radical (unpaired) electrons. The molecule has 0 aliphatic rings. The van der Waals surface area contributed by atoms with E-state index >= 15 is 0 Å². The molecule has 1 aromatic heterocycles. The summed E-state index contributed by atoms with van der Waals surface area (Å²) in [5.74, 6) is 0. The van der Waals surface area contributed by atoms with Crippen molar-refractivity contribution in [3.8, 4) is 0 Å². The van der Waals surface area contributed by atoms with Crippen molar-refractivity contribution in [1.29, 1.82) is 0 Å². The zero-order valence-corrected chi connectivity index (χ0v) is 12.3. The van der Waals surface area contributed by atoms with Gasteiger partial charge in [-0.05, 0) is 31.9 Å². The lowest BCUT2D eigenvalue weighted by Gasteiger charge is -2.25. The number of anilines is 1. The normalized spacial score (nSPS) is 10.5. The lowest BCUT2D eigenvalue weighted by molar-refractivity contribution is -0.620. The van der Waals surface area contributed by atoms with Crippen molar-refractivity contribution >= 4 is 5.69 Å². The minimum Gasteiger partial charge on any atom is -0.375 e. The zero-order valence-electron chi connectivity index (χ0n) is 12.3. The van der Waals surface area contributed by atoms with E-state index < -0.39 is 0 Å². The standard InChI is InChI=1S/C17H22N2/c1-13-10-14(2)17(15(3)11-13)19(5)12-16-8-6-7-9-18(16)4/h6-11H,4,12H2,1-3,5H3. The van der Waals surface area contributed by atoms with Gasteiger partial charge in [0.25, 0.3) is 0 Å². The number of rotatable bonds is 3. The highest BCUT2D eigenvalue weighted by molar-refractivity contribution is 5.59. The molecule has 1 aromatic carbocycles. The molecule has 0 atom stereocenters. The Kier molecular flexibility index (Phi) is 3.79. The van der Waals surface area contributed by atoms with Crippen LogP contribution in [-0.4, -0.2) is 7.05 Å². The van der Waals surface area contributed by atoms with Gasteiger partial charge in [-0.3, -0.25) is 0 Å². The van der Waals surface area contributed by atoms with Crippen LogP contribution in [0, 0.1) is 27.8 Å². The third kappa shape index (κ3) is 2.90. The van der Waals surface area contributed by atoms with Crippen LogP contribution in [0.15, 0.2) is 36.5 Å². The first-order valence-corrected chi connectivity index (χ1v) is 6.58. The second kappa shape index (κ2) is 5.35. The number of aryl methyl sites for hydroxylation is 3. The third-order valence-electron chi connectivity index (χ3n) is 3.45. The molecule has 0 unspecified atom stereocenters. The van der Waals surface area contributed by atoms with Gasteiger partial charge in [0.2, 0.25) is 0 Å². The van der Waals surface area contributed by atoms with E-state index in [1.54, 1.807) is 0 Å². The molecule has 2 aromatic rings. The molecule has 2 rings (SSSR count). The molecule has 100 valence electrons. The van der Waals surface area contributed by atoms with Crippen LogP contribution in [0.4, 0.5) is 5.69 Å². The van der Waals surface area contributed by atoms with E-state index in [9.17, 15) is 0 Å². The van der Waals surface area contributed by atoms with Crippen LogP contribution in [0.5, 0.6) is 0 Å². The largest absolute Gasteiger partial charge is 0.375 e. The van der Waals surface area contributed by atoms with Crippen LogP contribution in [0.2, 0.25) is 0 Å². The predicted octanol–water partition coefficient (Wildman–Crippen LogP) is 3.18. The molecule has 2 nitrogen and oxygen atoms in total. The smallest absolute Gasteiger partial charge is 0.101 e. The number of hydrogen-bond acceptors (Lipinski definition) is 1. The Hall–Kier alpha value is -1.96. The Labute approximate surface area is 116 Å². The molecule has 0 saturated carbocycles. The van der Waals surface area contributed by atoms with Crippen LogP contribution in [0.3, 0.4) is 0 Å². The highest BCUT2D eigenvalue weighted by atomic mass is 15.1. The molecular weight excluding hydrogens is 232 g/mol.